The number of aliphatic carboxylic acids is 1. The summed E-state index contributed by atoms with van der Waals surface area (Å²) < 4.78 is 4.36. The molecule has 3 N–H and O–H groups in total. The molecule has 0 rings (SSSR count). The zero-order valence-corrected chi connectivity index (χ0v) is 8.06. The molecule has 0 saturated heterocycles. The number of carbonyl (C=O) groups is 2. The summed E-state index contributed by atoms with van der Waals surface area (Å²) >= 11 is 0. The Bertz CT molecular complexity index is 226. The molecule has 0 spiro atoms. The summed E-state index contributed by atoms with van der Waals surface area (Å²) in [7, 11) is 0. The van der Waals surface area contributed by atoms with Crippen molar-refractivity contribution in [3.05, 3.63) is 0 Å². The number of rotatable bonds is 5. The minimum absolute atomic E-state index is 0.0646. The van der Waals surface area contributed by atoms with E-state index in [1.165, 1.54) is 13.8 Å². The second kappa shape index (κ2) is 4.92. The predicted octanol–water partition coefficient (Wildman–Crippen LogP) is -0.864. The van der Waals surface area contributed by atoms with Gasteiger partial charge in [-0.15, -0.1) is 0 Å². The van der Waals surface area contributed by atoms with Gasteiger partial charge in [0.25, 0.3) is 5.60 Å². The summed E-state index contributed by atoms with van der Waals surface area (Å²) in [4.78, 5) is 21.7. The number of esters is 1. The van der Waals surface area contributed by atoms with Gasteiger partial charge in [-0.3, -0.25) is 0 Å². The number of hydrogen-bond donors (Lipinski definition) is 3. The molecule has 2 unspecified atom stereocenters. The molecule has 6 heteroatoms. The lowest BCUT2D eigenvalue weighted by atomic mass is 9.95. The summed E-state index contributed by atoms with van der Waals surface area (Å²) in [5, 5.41) is 27.3. The highest BCUT2D eigenvalue weighted by Gasteiger charge is 2.51. The molecule has 2 atom stereocenters. The highest BCUT2D eigenvalue weighted by molar-refractivity contribution is 6.03. The Hall–Kier alpha value is -1.14. The molecule has 0 radical (unpaired) electrons. The van der Waals surface area contributed by atoms with Crippen molar-refractivity contribution < 1.29 is 29.6 Å². The zero-order valence-electron chi connectivity index (χ0n) is 8.06. The maximum Gasteiger partial charge on any atom is 0.352 e. The van der Waals surface area contributed by atoms with Crippen molar-refractivity contribution in [3.63, 3.8) is 0 Å². The summed E-state index contributed by atoms with van der Waals surface area (Å²) in [5.41, 5.74) is -2.87. The fraction of sp³-hybridized carbons (Fsp3) is 0.750. The Labute approximate surface area is 81.1 Å². The standard InChI is InChI=1S/C8H14O6/c1-3-5(9)8(13,6(10)11)7(12)14-4-2/h5,9,13H,3-4H2,1-2H3,(H,10,11). The van der Waals surface area contributed by atoms with Crippen LogP contribution in [0.25, 0.3) is 0 Å². The van der Waals surface area contributed by atoms with Crippen LogP contribution in [-0.4, -0.2) is 45.6 Å². The molecule has 14 heavy (non-hydrogen) atoms. The SMILES string of the molecule is CCOC(=O)C(O)(C(=O)O)C(O)CC. The van der Waals surface area contributed by atoms with Crippen molar-refractivity contribution in [2.75, 3.05) is 6.61 Å². The molecule has 82 valence electrons. The van der Waals surface area contributed by atoms with Crippen LogP contribution in [-0.2, 0) is 14.3 Å². The maximum absolute atomic E-state index is 11.1. The van der Waals surface area contributed by atoms with Crippen LogP contribution < -0.4 is 0 Å². The number of hydrogen-bond acceptors (Lipinski definition) is 5. The Morgan fingerprint density at radius 2 is 1.93 bits per heavy atom. The minimum Gasteiger partial charge on any atom is -0.479 e. The van der Waals surface area contributed by atoms with Gasteiger partial charge in [0.2, 0.25) is 0 Å². The van der Waals surface area contributed by atoms with E-state index >= 15 is 0 Å². The van der Waals surface area contributed by atoms with E-state index in [0.29, 0.717) is 0 Å². The predicted molar refractivity (Wildman–Crippen MR) is 45.5 cm³/mol. The van der Waals surface area contributed by atoms with E-state index < -0.39 is 23.6 Å². The van der Waals surface area contributed by atoms with Crippen molar-refractivity contribution in [1.29, 1.82) is 0 Å². The van der Waals surface area contributed by atoms with Gasteiger partial charge >= 0.3 is 11.9 Å². The third kappa shape index (κ3) is 2.21. The van der Waals surface area contributed by atoms with Crippen molar-refractivity contribution in [3.8, 4) is 0 Å². The molecule has 0 aliphatic carbocycles. The number of aliphatic hydroxyl groups is 2. The zero-order chi connectivity index (χ0) is 11.4. The quantitative estimate of drug-likeness (QED) is 0.399. The van der Waals surface area contributed by atoms with E-state index in [2.05, 4.69) is 4.74 Å². The molecule has 0 aromatic carbocycles. The molecule has 0 fully saturated rings. The molecule has 0 amide bonds. The average Bonchev–Trinajstić information content (AvgIpc) is 2.15. The van der Waals surface area contributed by atoms with E-state index in [-0.39, 0.29) is 13.0 Å². The van der Waals surface area contributed by atoms with E-state index in [1.54, 1.807) is 0 Å². The lowest BCUT2D eigenvalue weighted by molar-refractivity contribution is -0.192. The molecule has 0 heterocycles. The normalized spacial score (nSPS) is 16.9. The fourth-order valence-corrected chi connectivity index (χ4v) is 0.902. The van der Waals surface area contributed by atoms with Gasteiger partial charge in [-0.1, -0.05) is 6.92 Å². The van der Waals surface area contributed by atoms with Gasteiger partial charge in [-0.2, -0.15) is 0 Å². The average molecular weight is 206 g/mol. The van der Waals surface area contributed by atoms with E-state index in [1.807, 2.05) is 0 Å². The third-order valence-electron chi connectivity index (χ3n) is 1.78. The van der Waals surface area contributed by atoms with Crippen molar-refractivity contribution in [2.24, 2.45) is 0 Å². The van der Waals surface area contributed by atoms with Crippen LogP contribution in [0.2, 0.25) is 0 Å². The van der Waals surface area contributed by atoms with Crippen LogP contribution in [0, 0.1) is 0 Å². The highest BCUT2D eigenvalue weighted by Crippen LogP contribution is 2.16. The van der Waals surface area contributed by atoms with Gasteiger partial charge in [0.1, 0.15) is 6.10 Å². The molecule has 0 aliphatic heterocycles. The fourth-order valence-electron chi connectivity index (χ4n) is 0.902. The first-order valence-electron chi connectivity index (χ1n) is 4.22. The number of carbonyl (C=O) groups excluding carboxylic acids is 1. The summed E-state index contributed by atoms with van der Waals surface area (Å²) in [6, 6.07) is 0. The van der Waals surface area contributed by atoms with Crippen LogP contribution in [0.4, 0.5) is 0 Å². The number of carboxylic acid groups (broad SMARTS) is 1. The minimum atomic E-state index is -2.87. The molecular formula is C8H14O6. The van der Waals surface area contributed by atoms with Crippen LogP contribution >= 0.6 is 0 Å². The highest BCUT2D eigenvalue weighted by atomic mass is 16.6. The molecule has 0 aromatic heterocycles. The monoisotopic (exact) mass is 206 g/mol. The molecule has 0 aromatic rings. The molecule has 0 aliphatic rings. The largest absolute Gasteiger partial charge is 0.479 e. The second-order valence-electron chi connectivity index (χ2n) is 2.72. The van der Waals surface area contributed by atoms with E-state index in [9.17, 15) is 19.8 Å². The number of carboxylic acids is 1. The topological polar surface area (TPSA) is 104 Å². The smallest absolute Gasteiger partial charge is 0.352 e. The van der Waals surface area contributed by atoms with Crippen molar-refractivity contribution >= 4 is 11.9 Å². The van der Waals surface area contributed by atoms with Crippen LogP contribution in [0.15, 0.2) is 0 Å². The first-order chi connectivity index (χ1) is 6.41. The Balaban J connectivity index is 4.89. The number of aliphatic hydroxyl groups excluding tert-OH is 1. The summed E-state index contributed by atoms with van der Waals surface area (Å²) in [6.07, 6.45) is -1.75. The summed E-state index contributed by atoms with van der Waals surface area (Å²) in [6.45, 7) is 2.85. The van der Waals surface area contributed by atoms with Crippen molar-refractivity contribution in [1.82, 2.24) is 0 Å². The molecule has 6 nitrogen and oxygen atoms in total. The lowest BCUT2D eigenvalue weighted by Gasteiger charge is -2.25. The molecular weight excluding hydrogens is 192 g/mol. The van der Waals surface area contributed by atoms with Gasteiger partial charge in [0.15, 0.2) is 0 Å². The Morgan fingerprint density at radius 3 is 2.21 bits per heavy atom. The van der Waals surface area contributed by atoms with E-state index in [4.69, 9.17) is 5.11 Å². The van der Waals surface area contributed by atoms with Crippen molar-refractivity contribution in [2.45, 2.75) is 32.0 Å². The summed E-state index contributed by atoms with van der Waals surface area (Å²) in [5.74, 6) is -3.16. The second-order valence-corrected chi connectivity index (χ2v) is 2.72. The first-order valence-corrected chi connectivity index (χ1v) is 4.22. The lowest BCUT2D eigenvalue weighted by Crippen LogP contribution is -2.56. The van der Waals surface area contributed by atoms with Gasteiger partial charge in [0, 0.05) is 0 Å². The Morgan fingerprint density at radius 1 is 1.43 bits per heavy atom. The Kier molecular flexibility index (Phi) is 4.52. The van der Waals surface area contributed by atoms with Gasteiger partial charge in [-0.05, 0) is 13.3 Å². The van der Waals surface area contributed by atoms with Gasteiger partial charge in [-0.25, -0.2) is 9.59 Å². The van der Waals surface area contributed by atoms with Gasteiger partial charge < -0.3 is 20.1 Å². The van der Waals surface area contributed by atoms with E-state index in [0.717, 1.165) is 0 Å². The number of ether oxygens (including phenoxy) is 1. The maximum atomic E-state index is 11.1. The van der Waals surface area contributed by atoms with Crippen LogP contribution in [0.3, 0.4) is 0 Å². The third-order valence-corrected chi connectivity index (χ3v) is 1.78. The first kappa shape index (κ1) is 12.9. The van der Waals surface area contributed by atoms with Crippen LogP contribution in [0.5, 0.6) is 0 Å². The molecule has 0 saturated carbocycles. The van der Waals surface area contributed by atoms with Crippen LogP contribution in [0.1, 0.15) is 20.3 Å². The van der Waals surface area contributed by atoms with Gasteiger partial charge in [0.05, 0.1) is 6.61 Å². The molecule has 0 bridgehead atoms.